The number of carbonyl (C=O) groups excluding carboxylic acids is 1. The van der Waals surface area contributed by atoms with Crippen LogP contribution in [0.1, 0.15) is 15.9 Å². The fourth-order valence-electron chi connectivity index (χ4n) is 1.83. The molecule has 1 N–H and O–H groups in total. The molecule has 0 radical (unpaired) electrons. The predicted molar refractivity (Wildman–Crippen MR) is 67.4 cm³/mol. The number of aromatic nitrogens is 1. The lowest BCUT2D eigenvalue weighted by atomic mass is 10.0. The summed E-state index contributed by atoms with van der Waals surface area (Å²) in [5, 5.41) is 5.02. The summed E-state index contributed by atoms with van der Waals surface area (Å²) in [7, 11) is 3.18. The smallest absolute Gasteiger partial charge is 0.337 e. The zero-order chi connectivity index (χ0) is 12.4. The highest BCUT2D eigenvalue weighted by molar-refractivity contribution is 6.00. The Hall–Kier alpha value is -2.10. The molecule has 4 heteroatoms. The van der Waals surface area contributed by atoms with E-state index in [1.54, 1.807) is 12.1 Å². The first-order valence-corrected chi connectivity index (χ1v) is 5.33. The number of esters is 1. The van der Waals surface area contributed by atoms with Crippen molar-refractivity contribution in [2.75, 3.05) is 19.5 Å². The van der Waals surface area contributed by atoms with E-state index in [9.17, 15) is 4.79 Å². The zero-order valence-electron chi connectivity index (χ0n) is 10.1. The summed E-state index contributed by atoms with van der Waals surface area (Å²) in [5.74, 6) is 0.423. The summed E-state index contributed by atoms with van der Waals surface area (Å²) in [6.45, 7) is 1.99. The van der Waals surface area contributed by atoms with Crippen LogP contribution in [0.25, 0.3) is 10.8 Å². The van der Waals surface area contributed by atoms with E-state index < -0.39 is 0 Å². The molecule has 0 bridgehead atoms. The molecule has 4 nitrogen and oxygen atoms in total. The molecule has 0 atom stereocenters. The molecule has 2 aromatic rings. The second-order valence-electron chi connectivity index (χ2n) is 3.79. The number of methoxy groups -OCH3 is 1. The molecular formula is C13H14N2O2. The van der Waals surface area contributed by atoms with Gasteiger partial charge in [0, 0.05) is 18.6 Å². The van der Waals surface area contributed by atoms with Crippen LogP contribution in [0.2, 0.25) is 0 Å². The van der Waals surface area contributed by atoms with Crippen LogP contribution in [0, 0.1) is 6.92 Å². The molecule has 0 unspecified atom stereocenters. The Morgan fingerprint density at radius 3 is 2.76 bits per heavy atom. The Morgan fingerprint density at radius 1 is 1.35 bits per heavy atom. The number of hydrogen-bond acceptors (Lipinski definition) is 4. The van der Waals surface area contributed by atoms with E-state index in [4.69, 9.17) is 4.74 Å². The number of carbonyl (C=O) groups is 1. The van der Waals surface area contributed by atoms with Crippen molar-refractivity contribution < 1.29 is 9.53 Å². The van der Waals surface area contributed by atoms with Gasteiger partial charge in [-0.2, -0.15) is 0 Å². The number of aryl methyl sites for hydroxylation is 1. The highest BCUT2D eigenvalue weighted by Gasteiger charge is 2.09. The van der Waals surface area contributed by atoms with Crippen LogP contribution in [-0.4, -0.2) is 25.1 Å². The molecule has 1 heterocycles. The van der Waals surface area contributed by atoms with Crippen molar-refractivity contribution in [1.29, 1.82) is 0 Å². The zero-order valence-corrected chi connectivity index (χ0v) is 10.1. The quantitative estimate of drug-likeness (QED) is 0.805. The average molecular weight is 230 g/mol. The Kier molecular flexibility index (Phi) is 2.95. The normalized spacial score (nSPS) is 10.3. The standard InChI is InChI=1S/C13H14N2O2/c1-8-7-15-12(14-2)11-6-9(13(16)17-3)4-5-10(8)11/h4-7H,1-3H3,(H,14,15). The molecule has 0 aliphatic rings. The van der Waals surface area contributed by atoms with E-state index in [1.165, 1.54) is 7.11 Å². The molecule has 0 saturated carbocycles. The third kappa shape index (κ3) is 1.93. The Labute approximate surface area is 99.6 Å². The average Bonchev–Trinajstić information content (AvgIpc) is 2.38. The van der Waals surface area contributed by atoms with Crippen molar-refractivity contribution in [3.63, 3.8) is 0 Å². The maximum absolute atomic E-state index is 11.5. The highest BCUT2D eigenvalue weighted by atomic mass is 16.5. The lowest BCUT2D eigenvalue weighted by Crippen LogP contribution is -2.02. The number of nitrogens with one attached hydrogen (secondary N) is 1. The van der Waals surface area contributed by atoms with Gasteiger partial charge in [-0.05, 0) is 30.0 Å². The minimum atomic E-state index is -0.338. The van der Waals surface area contributed by atoms with E-state index in [-0.39, 0.29) is 5.97 Å². The number of anilines is 1. The van der Waals surface area contributed by atoms with Crippen molar-refractivity contribution in [2.45, 2.75) is 6.92 Å². The van der Waals surface area contributed by atoms with Crippen LogP contribution < -0.4 is 5.32 Å². The minimum Gasteiger partial charge on any atom is -0.465 e. The van der Waals surface area contributed by atoms with Gasteiger partial charge in [0.2, 0.25) is 0 Å². The van der Waals surface area contributed by atoms with E-state index in [0.717, 1.165) is 22.2 Å². The van der Waals surface area contributed by atoms with Gasteiger partial charge in [0.25, 0.3) is 0 Å². The largest absolute Gasteiger partial charge is 0.465 e. The van der Waals surface area contributed by atoms with Gasteiger partial charge in [0.15, 0.2) is 0 Å². The van der Waals surface area contributed by atoms with Crippen molar-refractivity contribution in [2.24, 2.45) is 0 Å². The summed E-state index contributed by atoms with van der Waals surface area (Å²) in [6, 6.07) is 5.48. The SMILES string of the molecule is CNc1ncc(C)c2ccc(C(=O)OC)cc12. The summed E-state index contributed by atoms with van der Waals surface area (Å²) in [6.07, 6.45) is 1.81. The summed E-state index contributed by atoms with van der Waals surface area (Å²) in [5.41, 5.74) is 1.61. The van der Waals surface area contributed by atoms with Gasteiger partial charge in [-0.3, -0.25) is 0 Å². The second-order valence-corrected chi connectivity index (χ2v) is 3.79. The van der Waals surface area contributed by atoms with Crippen LogP contribution >= 0.6 is 0 Å². The fraction of sp³-hybridized carbons (Fsp3) is 0.231. The molecule has 0 aliphatic heterocycles. The summed E-state index contributed by atoms with van der Waals surface area (Å²) in [4.78, 5) is 15.8. The molecule has 17 heavy (non-hydrogen) atoms. The van der Waals surface area contributed by atoms with Gasteiger partial charge >= 0.3 is 5.97 Å². The number of benzene rings is 1. The number of pyridine rings is 1. The fourth-order valence-corrected chi connectivity index (χ4v) is 1.83. The van der Waals surface area contributed by atoms with Crippen LogP contribution in [0.15, 0.2) is 24.4 Å². The van der Waals surface area contributed by atoms with E-state index >= 15 is 0 Å². The molecule has 88 valence electrons. The van der Waals surface area contributed by atoms with Crippen molar-refractivity contribution in [3.8, 4) is 0 Å². The number of nitrogens with zero attached hydrogens (tertiary/aromatic N) is 1. The van der Waals surface area contributed by atoms with Crippen molar-refractivity contribution in [1.82, 2.24) is 4.98 Å². The predicted octanol–water partition coefficient (Wildman–Crippen LogP) is 2.37. The monoisotopic (exact) mass is 230 g/mol. The van der Waals surface area contributed by atoms with E-state index in [1.807, 2.05) is 26.2 Å². The molecule has 2 rings (SSSR count). The Balaban J connectivity index is 2.70. The molecule has 1 aromatic heterocycles. The van der Waals surface area contributed by atoms with E-state index in [2.05, 4.69) is 10.3 Å². The highest BCUT2D eigenvalue weighted by Crippen LogP contribution is 2.25. The lowest BCUT2D eigenvalue weighted by molar-refractivity contribution is 0.0601. The van der Waals surface area contributed by atoms with Crippen LogP contribution in [0.5, 0.6) is 0 Å². The van der Waals surface area contributed by atoms with Gasteiger partial charge in [-0.25, -0.2) is 9.78 Å². The first kappa shape index (κ1) is 11.4. The number of rotatable bonds is 2. The Bertz CT molecular complexity index is 579. The Morgan fingerprint density at radius 2 is 2.12 bits per heavy atom. The van der Waals surface area contributed by atoms with Gasteiger partial charge in [-0.15, -0.1) is 0 Å². The van der Waals surface area contributed by atoms with Crippen LogP contribution in [0.3, 0.4) is 0 Å². The third-order valence-electron chi connectivity index (χ3n) is 2.74. The van der Waals surface area contributed by atoms with Gasteiger partial charge < -0.3 is 10.1 Å². The number of hydrogen-bond donors (Lipinski definition) is 1. The molecule has 0 fully saturated rings. The number of fused-ring (bicyclic) bond motifs is 1. The molecular weight excluding hydrogens is 216 g/mol. The maximum Gasteiger partial charge on any atom is 0.337 e. The molecule has 0 aliphatic carbocycles. The van der Waals surface area contributed by atoms with Crippen LogP contribution in [0.4, 0.5) is 5.82 Å². The second kappa shape index (κ2) is 4.41. The minimum absolute atomic E-state index is 0.338. The van der Waals surface area contributed by atoms with Crippen LogP contribution in [-0.2, 0) is 4.74 Å². The number of ether oxygens (including phenoxy) is 1. The molecule has 0 saturated heterocycles. The van der Waals surface area contributed by atoms with Crippen molar-refractivity contribution >= 4 is 22.6 Å². The maximum atomic E-state index is 11.5. The third-order valence-corrected chi connectivity index (χ3v) is 2.74. The lowest BCUT2D eigenvalue weighted by Gasteiger charge is -2.08. The summed E-state index contributed by atoms with van der Waals surface area (Å²) < 4.78 is 4.71. The summed E-state index contributed by atoms with van der Waals surface area (Å²) >= 11 is 0. The van der Waals surface area contributed by atoms with E-state index in [0.29, 0.717) is 5.56 Å². The molecule has 1 aromatic carbocycles. The molecule has 0 spiro atoms. The first-order valence-electron chi connectivity index (χ1n) is 5.33. The topological polar surface area (TPSA) is 51.2 Å². The van der Waals surface area contributed by atoms with Gasteiger partial charge in [0.05, 0.1) is 12.7 Å². The van der Waals surface area contributed by atoms with Crippen molar-refractivity contribution in [3.05, 3.63) is 35.5 Å². The van der Waals surface area contributed by atoms with Gasteiger partial charge in [-0.1, -0.05) is 6.07 Å². The molecule has 0 amide bonds. The van der Waals surface area contributed by atoms with Gasteiger partial charge in [0.1, 0.15) is 5.82 Å². The first-order chi connectivity index (χ1) is 8.17.